The van der Waals surface area contributed by atoms with Gasteiger partial charge in [0.15, 0.2) is 0 Å². The maximum Gasteiger partial charge on any atom is 0.253 e. The van der Waals surface area contributed by atoms with Gasteiger partial charge in [0.05, 0.1) is 0 Å². The molecule has 2 heterocycles. The molecule has 1 aromatic rings. The van der Waals surface area contributed by atoms with Crippen LogP contribution in [0.5, 0.6) is 0 Å². The first-order valence-corrected chi connectivity index (χ1v) is 5.53. The van der Waals surface area contributed by atoms with Gasteiger partial charge in [-0.3, -0.25) is 0 Å². The van der Waals surface area contributed by atoms with Crippen LogP contribution in [0.15, 0.2) is 0 Å². The summed E-state index contributed by atoms with van der Waals surface area (Å²) in [5.41, 5.74) is -0.716. The van der Waals surface area contributed by atoms with E-state index in [2.05, 4.69) is 4.98 Å². The first kappa shape index (κ1) is 13.1. The average Bonchev–Trinajstić information content (AvgIpc) is 2.37. The Morgan fingerprint density at radius 3 is 2.06 bits per heavy atom. The molecule has 0 radical (unpaired) electrons. The molecule has 1 aromatic heterocycles. The molecule has 3 nitrogen and oxygen atoms in total. The van der Waals surface area contributed by atoms with E-state index in [9.17, 15) is 17.6 Å². The van der Waals surface area contributed by atoms with Gasteiger partial charge in [-0.05, 0) is 12.8 Å². The van der Waals surface area contributed by atoms with Gasteiger partial charge in [-0.2, -0.15) is 22.5 Å². The molecule has 0 atom stereocenters. The van der Waals surface area contributed by atoms with Crippen LogP contribution in [0.4, 0.5) is 23.2 Å². The maximum atomic E-state index is 13.5. The summed E-state index contributed by atoms with van der Waals surface area (Å²) in [6, 6.07) is -0.219. The summed E-state index contributed by atoms with van der Waals surface area (Å²) in [5.74, 6) is -6.21. The molecule has 100 valence electrons. The fraction of sp³-hybridized carbons (Fsp3) is 0.545. The van der Waals surface area contributed by atoms with Crippen LogP contribution in [0.25, 0.3) is 0 Å². The second-order valence-electron chi connectivity index (χ2n) is 4.12. The Hall–Kier alpha value is -1.37. The van der Waals surface area contributed by atoms with E-state index in [1.807, 2.05) is 0 Å². The number of hydrogen-bond donors (Lipinski definition) is 0. The minimum absolute atomic E-state index is 0.219. The Labute approximate surface area is 101 Å². The molecule has 0 amide bonds. The van der Waals surface area contributed by atoms with Gasteiger partial charge in [0.2, 0.25) is 11.6 Å². The number of ether oxygens (including phenoxy) is 1. The van der Waals surface area contributed by atoms with E-state index in [4.69, 9.17) is 4.74 Å². The highest BCUT2D eigenvalue weighted by atomic mass is 19.2. The van der Waals surface area contributed by atoms with Gasteiger partial charge in [-0.25, -0.2) is 0 Å². The monoisotopic (exact) mass is 264 g/mol. The first-order chi connectivity index (χ1) is 8.52. The minimum Gasteiger partial charge on any atom is -0.381 e. The third-order valence-electron chi connectivity index (χ3n) is 3.07. The van der Waals surface area contributed by atoms with Crippen molar-refractivity contribution in [3.05, 3.63) is 23.5 Å². The second kappa shape index (κ2) is 5.09. The van der Waals surface area contributed by atoms with Crippen molar-refractivity contribution in [3.8, 4) is 0 Å². The lowest BCUT2D eigenvalue weighted by atomic mass is 10.1. The van der Waals surface area contributed by atoms with Crippen molar-refractivity contribution in [2.45, 2.75) is 18.9 Å². The Morgan fingerprint density at radius 1 is 1.06 bits per heavy atom. The van der Waals surface area contributed by atoms with Crippen LogP contribution < -0.4 is 4.90 Å². The molecular weight excluding hydrogens is 252 g/mol. The van der Waals surface area contributed by atoms with Crippen LogP contribution >= 0.6 is 0 Å². The number of anilines is 1. The number of hydrogen-bond acceptors (Lipinski definition) is 3. The van der Waals surface area contributed by atoms with E-state index in [1.165, 1.54) is 11.9 Å². The van der Waals surface area contributed by atoms with Crippen molar-refractivity contribution in [1.29, 1.82) is 0 Å². The Bertz CT molecular complexity index is 423. The molecule has 0 aliphatic carbocycles. The van der Waals surface area contributed by atoms with Gasteiger partial charge < -0.3 is 9.64 Å². The molecule has 0 spiro atoms. The molecule has 1 fully saturated rings. The summed E-state index contributed by atoms with van der Waals surface area (Å²) in [6.07, 6.45) is 1.09. The molecule has 1 aliphatic heterocycles. The smallest absolute Gasteiger partial charge is 0.253 e. The van der Waals surface area contributed by atoms with Crippen molar-refractivity contribution < 1.29 is 22.3 Å². The van der Waals surface area contributed by atoms with Crippen LogP contribution in [-0.4, -0.2) is 31.3 Å². The van der Waals surface area contributed by atoms with Gasteiger partial charge >= 0.3 is 0 Å². The summed E-state index contributed by atoms with van der Waals surface area (Å²) < 4.78 is 58.2. The van der Waals surface area contributed by atoms with Crippen molar-refractivity contribution in [2.24, 2.45) is 0 Å². The highest BCUT2D eigenvalue weighted by Gasteiger charge is 2.28. The molecule has 0 saturated carbocycles. The standard InChI is InChI=1S/C11H12F4N2O/c1-17(6-2-4-18-5-3-6)9-7(12)10(14)16-11(15)8(9)13/h6H,2-5H2,1H3. The molecule has 18 heavy (non-hydrogen) atoms. The fourth-order valence-electron chi connectivity index (χ4n) is 2.04. The summed E-state index contributed by atoms with van der Waals surface area (Å²) in [7, 11) is 1.40. The van der Waals surface area contributed by atoms with Crippen molar-refractivity contribution in [3.63, 3.8) is 0 Å². The van der Waals surface area contributed by atoms with Crippen LogP contribution in [0, 0.1) is 23.5 Å². The number of pyridine rings is 1. The van der Waals surface area contributed by atoms with Crippen molar-refractivity contribution >= 4 is 5.69 Å². The summed E-state index contributed by atoms with van der Waals surface area (Å²) in [5, 5.41) is 0. The quantitative estimate of drug-likeness (QED) is 0.605. The molecule has 2 rings (SSSR count). The lowest BCUT2D eigenvalue weighted by Gasteiger charge is -2.33. The van der Waals surface area contributed by atoms with Gasteiger partial charge in [-0.1, -0.05) is 0 Å². The first-order valence-electron chi connectivity index (χ1n) is 5.53. The zero-order valence-corrected chi connectivity index (χ0v) is 9.72. The molecule has 7 heteroatoms. The topological polar surface area (TPSA) is 25.4 Å². The predicted octanol–water partition coefficient (Wildman–Crippen LogP) is 2.25. The van der Waals surface area contributed by atoms with Crippen molar-refractivity contribution in [2.75, 3.05) is 25.2 Å². The summed E-state index contributed by atoms with van der Waals surface area (Å²) in [6.45, 7) is 0.905. The lowest BCUT2D eigenvalue weighted by molar-refractivity contribution is 0.0851. The third-order valence-corrected chi connectivity index (χ3v) is 3.07. The number of halogens is 4. The summed E-state index contributed by atoms with van der Waals surface area (Å²) >= 11 is 0. The van der Waals surface area contributed by atoms with Gasteiger partial charge in [0.25, 0.3) is 11.9 Å². The molecule has 0 unspecified atom stereocenters. The Morgan fingerprint density at radius 2 is 1.56 bits per heavy atom. The normalized spacial score (nSPS) is 16.9. The van der Waals surface area contributed by atoms with E-state index in [1.54, 1.807) is 0 Å². The molecule has 0 N–H and O–H groups in total. The highest BCUT2D eigenvalue weighted by Crippen LogP contribution is 2.28. The van der Waals surface area contributed by atoms with Crippen LogP contribution in [0.1, 0.15) is 12.8 Å². The zero-order valence-electron chi connectivity index (χ0n) is 9.72. The number of rotatable bonds is 2. The van der Waals surface area contributed by atoms with E-state index >= 15 is 0 Å². The lowest BCUT2D eigenvalue weighted by Crippen LogP contribution is -2.38. The molecular formula is C11H12F4N2O. The zero-order chi connectivity index (χ0) is 13.3. The number of nitrogens with zero attached hydrogens (tertiary/aromatic N) is 2. The fourth-order valence-corrected chi connectivity index (χ4v) is 2.04. The van der Waals surface area contributed by atoms with E-state index in [0.717, 1.165) is 0 Å². The van der Waals surface area contributed by atoms with Crippen LogP contribution in [0.3, 0.4) is 0 Å². The second-order valence-corrected chi connectivity index (χ2v) is 4.12. The Balaban J connectivity index is 2.37. The maximum absolute atomic E-state index is 13.5. The molecule has 0 aromatic carbocycles. The highest BCUT2D eigenvalue weighted by molar-refractivity contribution is 5.48. The van der Waals surface area contributed by atoms with E-state index < -0.39 is 29.2 Å². The van der Waals surface area contributed by atoms with Gasteiger partial charge in [0.1, 0.15) is 5.69 Å². The van der Waals surface area contributed by atoms with Crippen molar-refractivity contribution in [1.82, 2.24) is 4.98 Å². The van der Waals surface area contributed by atoms with E-state index in [-0.39, 0.29) is 6.04 Å². The summed E-state index contributed by atoms with van der Waals surface area (Å²) in [4.78, 5) is 3.74. The number of aromatic nitrogens is 1. The molecule has 1 aliphatic rings. The molecule has 0 bridgehead atoms. The predicted molar refractivity (Wildman–Crippen MR) is 56.3 cm³/mol. The Kier molecular flexibility index (Phi) is 3.70. The minimum atomic E-state index is -1.64. The van der Waals surface area contributed by atoms with Crippen LogP contribution in [-0.2, 0) is 4.74 Å². The SMILES string of the molecule is CN(c1c(F)c(F)nc(F)c1F)C1CCOCC1. The largest absolute Gasteiger partial charge is 0.381 e. The molecule has 1 saturated heterocycles. The average molecular weight is 264 g/mol. The van der Waals surface area contributed by atoms with Gasteiger partial charge in [-0.15, -0.1) is 0 Å². The van der Waals surface area contributed by atoms with E-state index in [0.29, 0.717) is 26.1 Å². The van der Waals surface area contributed by atoms with Crippen LogP contribution in [0.2, 0.25) is 0 Å². The third kappa shape index (κ3) is 2.27. The van der Waals surface area contributed by atoms with Gasteiger partial charge in [0, 0.05) is 26.3 Å².